The topological polar surface area (TPSA) is 32.3 Å². The minimum atomic E-state index is -4.02. The molecule has 2 N–H and O–H groups in total. The van der Waals surface area contributed by atoms with Crippen LogP contribution in [0.25, 0.3) is 0 Å². The van der Waals surface area contributed by atoms with Gasteiger partial charge in [0.15, 0.2) is 0 Å². The van der Waals surface area contributed by atoms with E-state index in [1.165, 1.54) is 6.92 Å². The molecule has 1 atom stereocenters. The number of rotatable bonds is 5. The van der Waals surface area contributed by atoms with Crippen LogP contribution < -0.4 is 5.32 Å². The van der Waals surface area contributed by atoms with Crippen LogP contribution in [0.15, 0.2) is 0 Å². The molecule has 0 aliphatic heterocycles. The zero-order valence-corrected chi connectivity index (χ0v) is 6.53. The summed E-state index contributed by atoms with van der Waals surface area (Å²) in [4.78, 5) is 0. The number of halogens is 4. The molecule has 6 heteroatoms. The second-order valence-electron chi connectivity index (χ2n) is 2.54. The highest BCUT2D eigenvalue weighted by Gasteiger charge is 2.39. The van der Waals surface area contributed by atoms with Gasteiger partial charge in [0, 0.05) is 6.54 Å². The molecule has 0 saturated carbocycles. The summed E-state index contributed by atoms with van der Waals surface area (Å²) in [6.07, 6.45) is -4.49. The van der Waals surface area contributed by atoms with Crippen molar-refractivity contribution in [3.63, 3.8) is 0 Å². The number of aliphatic hydroxyl groups excluding tert-OH is 1. The fraction of sp³-hybridized carbons (Fsp3) is 1.00. The highest BCUT2D eigenvalue weighted by molar-refractivity contribution is 4.72. The van der Waals surface area contributed by atoms with Gasteiger partial charge >= 0.3 is 12.3 Å². The van der Waals surface area contributed by atoms with Gasteiger partial charge in [-0.3, -0.25) is 0 Å². The van der Waals surface area contributed by atoms with Crippen LogP contribution in [0.3, 0.4) is 0 Å². The van der Waals surface area contributed by atoms with E-state index in [9.17, 15) is 17.6 Å². The molecule has 0 aromatic heterocycles. The Hall–Kier alpha value is -0.360. The van der Waals surface area contributed by atoms with E-state index < -0.39 is 25.0 Å². The summed E-state index contributed by atoms with van der Waals surface area (Å²) in [5, 5.41) is 10.6. The van der Waals surface area contributed by atoms with E-state index in [0.29, 0.717) is 0 Å². The molecule has 0 saturated heterocycles. The fourth-order valence-corrected chi connectivity index (χ4v) is 0.525. The molecule has 0 aliphatic carbocycles. The van der Waals surface area contributed by atoms with Gasteiger partial charge < -0.3 is 10.4 Å². The first-order valence-corrected chi connectivity index (χ1v) is 3.41. The number of nitrogens with one attached hydrogen (secondary N) is 1. The molecule has 12 heavy (non-hydrogen) atoms. The summed E-state index contributed by atoms with van der Waals surface area (Å²) >= 11 is 0. The Balaban J connectivity index is 3.61. The molecule has 0 aromatic carbocycles. The van der Waals surface area contributed by atoms with Gasteiger partial charge in [-0.1, -0.05) is 0 Å². The highest BCUT2D eigenvalue weighted by Crippen LogP contribution is 2.21. The highest BCUT2D eigenvalue weighted by atomic mass is 19.3. The van der Waals surface area contributed by atoms with Crippen LogP contribution in [0.5, 0.6) is 0 Å². The van der Waals surface area contributed by atoms with E-state index in [0.717, 1.165) is 0 Å². The third kappa shape index (κ3) is 4.50. The van der Waals surface area contributed by atoms with Gasteiger partial charge in [-0.25, -0.2) is 8.78 Å². The van der Waals surface area contributed by atoms with Crippen molar-refractivity contribution < 1.29 is 22.7 Å². The molecule has 0 aromatic rings. The molecule has 0 rings (SSSR count). The van der Waals surface area contributed by atoms with Crippen LogP contribution in [0.1, 0.15) is 6.92 Å². The molecule has 0 aliphatic rings. The molecule has 0 fully saturated rings. The maximum absolute atomic E-state index is 12.1. The van der Waals surface area contributed by atoms with E-state index in [1.807, 2.05) is 5.32 Å². The molecule has 0 heterocycles. The van der Waals surface area contributed by atoms with Crippen molar-refractivity contribution in [2.75, 3.05) is 13.1 Å². The molecule has 0 amide bonds. The molecule has 74 valence electrons. The lowest BCUT2D eigenvalue weighted by molar-refractivity contribution is -0.125. The first-order chi connectivity index (χ1) is 5.36. The summed E-state index contributed by atoms with van der Waals surface area (Å²) in [6, 6.07) is 0. The SMILES string of the molecule is C[C@H](O)CNCC(F)(F)C(F)F. The summed E-state index contributed by atoms with van der Waals surface area (Å²) in [7, 11) is 0. The predicted octanol–water partition coefficient (Wildman–Crippen LogP) is 0.857. The van der Waals surface area contributed by atoms with Gasteiger partial charge in [0.1, 0.15) is 0 Å². The molecule has 0 spiro atoms. The van der Waals surface area contributed by atoms with Crippen molar-refractivity contribution in [1.82, 2.24) is 5.32 Å². The molecule has 0 radical (unpaired) electrons. The van der Waals surface area contributed by atoms with Crippen molar-refractivity contribution in [3.8, 4) is 0 Å². The number of aliphatic hydroxyl groups is 1. The lowest BCUT2D eigenvalue weighted by atomic mass is 10.3. The van der Waals surface area contributed by atoms with Gasteiger partial charge in [0.2, 0.25) is 0 Å². The fourth-order valence-electron chi connectivity index (χ4n) is 0.525. The van der Waals surface area contributed by atoms with Crippen molar-refractivity contribution in [3.05, 3.63) is 0 Å². The Labute approximate surface area is 67.6 Å². The zero-order chi connectivity index (χ0) is 9.78. The summed E-state index contributed by atoms with van der Waals surface area (Å²) in [5.74, 6) is -4.02. The predicted molar refractivity (Wildman–Crippen MR) is 35.5 cm³/mol. The quantitative estimate of drug-likeness (QED) is 0.628. The van der Waals surface area contributed by atoms with Gasteiger partial charge in [0.05, 0.1) is 12.6 Å². The third-order valence-electron chi connectivity index (χ3n) is 1.12. The van der Waals surface area contributed by atoms with E-state index in [4.69, 9.17) is 5.11 Å². The van der Waals surface area contributed by atoms with Crippen LogP contribution in [-0.2, 0) is 0 Å². The minimum absolute atomic E-state index is 0.123. The van der Waals surface area contributed by atoms with Crippen molar-refractivity contribution in [2.24, 2.45) is 0 Å². The van der Waals surface area contributed by atoms with Gasteiger partial charge in [-0.2, -0.15) is 8.78 Å². The van der Waals surface area contributed by atoms with Crippen molar-refractivity contribution >= 4 is 0 Å². The summed E-state index contributed by atoms with van der Waals surface area (Å²) < 4.78 is 47.2. The van der Waals surface area contributed by atoms with E-state index in [2.05, 4.69) is 0 Å². The Kier molecular flexibility index (Phi) is 4.47. The lowest BCUT2D eigenvalue weighted by Gasteiger charge is -2.16. The number of hydrogen-bond donors (Lipinski definition) is 2. The summed E-state index contributed by atoms with van der Waals surface area (Å²) in [5.41, 5.74) is 0. The van der Waals surface area contributed by atoms with Crippen LogP contribution in [-0.4, -0.2) is 36.6 Å². The average Bonchev–Trinajstić information content (AvgIpc) is 1.85. The van der Waals surface area contributed by atoms with Gasteiger partial charge in [0.25, 0.3) is 0 Å². The first-order valence-electron chi connectivity index (χ1n) is 3.41. The largest absolute Gasteiger partial charge is 0.392 e. The number of alkyl halides is 4. The standard InChI is InChI=1S/C6H11F4NO/c1-4(12)2-11-3-6(9,10)5(7)8/h4-5,11-12H,2-3H2,1H3/t4-/m0/s1. The summed E-state index contributed by atoms with van der Waals surface area (Å²) in [6.45, 7) is 0.130. The lowest BCUT2D eigenvalue weighted by Crippen LogP contribution is -2.41. The van der Waals surface area contributed by atoms with Crippen molar-refractivity contribution in [1.29, 1.82) is 0 Å². The Morgan fingerprint density at radius 1 is 1.42 bits per heavy atom. The van der Waals surface area contributed by atoms with Crippen LogP contribution in [0.2, 0.25) is 0 Å². The molecule has 2 nitrogen and oxygen atoms in total. The average molecular weight is 189 g/mol. The van der Waals surface area contributed by atoms with Gasteiger partial charge in [-0.15, -0.1) is 0 Å². The first kappa shape index (κ1) is 11.6. The normalized spacial score (nSPS) is 15.2. The maximum atomic E-state index is 12.1. The maximum Gasteiger partial charge on any atom is 0.319 e. The molecule has 0 unspecified atom stereocenters. The Bertz CT molecular complexity index is 129. The van der Waals surface area contributed by atoms with E-state index >= 15 is 0 Å². The Morgan fingerprint density at radius 2 is 1.92 bits per heavy atom. The molecular formula is C6H11F4NO. The third-order valence-corrected chi connectivity index (χ3v) is 1.12. The zero-order valence-electron chi connectivity index (χ0n) is 6.53. The Morgan fingerprint density at radius 3 is 2.25 bits per heavy atom. The van der Waals surface area contributed by atoms with Gasteiger partial charge in [-0.05, 0) is 6.92 Å². The van der Waals surface area contributed by atoms with Crippen LogP contribution in [0, 0.1) is 0 Å². The van der Waals surface area contributed by atoms with Crippen LogP contribution >= 0.6 is 0 Å². The second-order valence-corrected chi connectivity index (χ2v) is 2.54. The molecular weight excluding hydrogens is 178 g/mol. The number of hydrogen-bond acceptors (Lipinski definition) is 2. The van der Waals surface area contributed by atoms with Crippen molar-refractivity contribution in [2.45, 2.75) is 25.4 Å². The minimum Gasteiger partial charge on any atom is -0.392 e. The molecule has 0 bridgehead atoms. The van der Waals surface area contributed by atoms with Crippen LogP contribution in [0.4, 0.5) is 17.6 Å². The monoisotopic (exact) mass is 189 g/mol. The van der Waals surface area contributed by atoms with E-state index in [1.54, 1.807) is 0 Å². The second kappa shape index (κ2) is 4.61. The van der Waals surface area contributed by atoms with E-state index in [-0.39, 0.29) is 6.54 Å². The smallest absolute Gasteiger partial charge is 0.319 e.